The van der Waals surface area contributed by atoms with Gasteiger partial charge in [0.05, 0.1) is 5.92 Å². The molecule has 1 atom stereocenters. The van der Waals surface area contributed by atoms with Crippen molar-refractivity contribution in [3.05, 3.63) is 36.0 Å². The molecule has 4 rings (SSSR count). The topological polar surface area (TPSA) is 65.2 Å². The van der Waals surface area contributed by atoms with Crippen LogP contribution in [0.4, 0.5) is 0 Å². The quantitative estimate of drug-likeness (QED) is 0.899. The Bertz CT molecular complexity index is 776. The van der Waals surface area contributed by atoms with E-state index in [2.05, 4.69) is 10.3 Å². The third-order valence-corrected chi connectivity index (χ3v) is 5.72. The number of aromatic nitrogens is 1. The minimum absolute atomic E-state index is 0.0723. The fourth-order valence-electron chi connectivity index (χ4n) is 4.29. The van der Waals surface area contributed by atoms with Crippen LogP contribution in [0.15, 0.2) is 30.5 Å². The second kappa shape index (κ2) is 6.90. The normalized spacial score (nSPS) is 21.8. The van der Waals surface area contributed by atoms with Crippen LogP contribution in [0.3, 0.4) is 0 Å². The summed E-state index contributed by atoms with van der Waals surface area (Å²) in [6.45, 7) is 1.12. The average Bonchev–Trinajstić information content (AvgIpc) is 3.31. The summed E-state index contributed by atoms with van der Waals surface area (Å²) in [4.78, 5) is 30.1. The smallest absolute Gasteiger partial charge is 0.225 e. The maximum Gasteiger partial charge on any atom is 0.225 e. The zero-order chi connectivity index (χ0) is 17.2. The first-order chi connectivity index (χ1) is 12.2. The predicted octanol–water partition coefficient (Wildman–Crippen LogP) is 2.97. The number of hydrogen-bond acceptors (Lipinski definition) is 2. The Kier molecular flexibility index (Phi) is 4.47. The molecule has 132 valence electrons. The molecule has 2 aromatic rings. The number of benzene rings is 1. The Morgan fingerprint density at radius 1 is 1.20 bits per heavy atom. The van der Waals surface area contributed by atoms with Gasteiger partial charge in [-0.25, -0.2) is 0 Å². The molecule has 1 aromatic heterocycles. The second-order valence-corrected chi connectivity index (χ2v) is 7.29. The van der Waals surface area contributed by atoms with Crippen LogP contribution in [0.5, 0.6) is 0 Å². The molecule has 1 saturated carbocycles. The fraction of sp³-hybridized carbons (Fsp3) is 0.500. The van der Waals surface area contributed by atoms with Crippen molar-refractivity contribution in [3.8, 4) is 0 Å². The first-order valence-corrected chi connectivity index (χ1v) is 9.34. The summed E-state index contributed by atoms with van der Waals surface area (Å²) in [5.41, 5.74) is 2.20. The number of nitrogens with zero attached hydrogens (tertiary/aromatic N) is 1. The van der Waals surface area contributed by atoms with Crippen LogP contribution < -0.4 is 5.32 Å². The standard InChI is InChI=1S/C20H25N3O2/c24-19-9-8-15(13-23(19)16-5-1-2-6-16)20(25)22-12-14-4-3-7-18-17(14)10-11-21-18/h3-4,7,10-11,15-16,21H,1-2,5-6,8-9,12-13H2,(H,22,25)/t15-/m0/s1. The molecule has 1 aromatic carbocycles. The van der Waals surface area contributed by atoms with Crippen molar-refractivity contribution in [2.24, 2.45) is 5.92 Å². The van der Waals surface area contributed by atoms with E-state index in [-0.39, 0.29) is 17.7 Å². The molecule has 1 aliphatic heterocycles. The van der Waals surface area contributed by atoms with E-state index in [1.165, 1.54) is 12.8 Å². The van der Waals surface area contributed by atoms with Crippen LogP contribution in [-0.4, -0.2) is 34.3 Å². The van der Waals surface area contributed by atoms with E-state index in [0.29, 0.717) is 32.0 Å². The summed E-state index contributed by atoms with van der Waals surface area (Å²) in [6.07, 6.45) is 7.68. The Labute approximate surface area is 147 Å². The van der Waals surface area contributed by atoms with Crippen LogP contribution in [0.1, 0.15) is 44.1 Å². The first-order valence-electron chi connectivity index (χ1n) is 9.34. The van der Waals surface area contributed by atoms with Crippen molar-refractivity contribution >= 4 is 22.7 Å². The highest BCUT2D eigenvalue weighted by Gasteiger charge is 2.35. The number of carbonyl (C=O) groups excluding carboxylic acids is 2. The lowest BCUT2D eigenvalue weighted by Crippen LogP contribution is -2.49. The van der Waals surface area contributed by atoms with Crippen LogP contribution >= 0.6 is 0 Å². The lowest BCUT2D eigenvalue weighted by molar-refractivity contribution is -0.140. The van der Waals surface area contributed by atoms with Crippen LogP contribution in [0.25, 0.3) is 10.9 Å². The van der Waals surface area contributed by atoms with E-state index in [1.54, 1.807) is 0 Å². The molecule has 25 heavy (non-hydrogen) atoms. The number of fused-ring (bicyclic) bond motifs is 1. The van der Waals surface area contributed by atoms with Crippen molar-refractivity contribution < 1.29 is 9.59 Å². The third-order valence-electron chi connectivity index (χ3n) is 5.72. The van der Waals surface area contributed by atoms with Gasteiger partial charge in [-0.2, -0.15) is 0 Å². The van der Waals surface area contributed by atoms with Crippen molar-refractivity contribution in [2.45, 2.75) is 51.1 Å². The number of likely N-dealkylation sites (tertiary alicyclic amines) is 1. The molecule has 2 fully saturated rings. The fourth-order valence-corrected chi connectivity index (χ4v) is 4.29. The number of hydrogen-bond donors (Lipinski definition) is 2. The minimum Gasteiger partial charge on any atom is -0.361 e. The number of carbonyl (C=O) groups is 2. The molecule has 5 heteroatoms. The van der Waals surface area contributed by atoms with Gasteiger partial charge in [-0.1, -0.05) is 25.0 Å². The molecule has 1 aliphatic carbocycles. The van der Waals surface area contributed by atoms with Crippen molar-refractivity contribution in [3.63, 3.8) is 0 Å². The van der Waals surface area contributed by atoms with Gasteiger partial charge in [-0.05, 0) is 37.0 Å². The number of nitrogens with one attached hydrogen (secondary N) is 2. The van der Waals surface area contributed by atoms with Gasteiger partial charge in [0.2, 0.25) is 11.8 Å². The maximum absolute atomic E-state index is 12.7. The molecule has 5 nitrogen and oxygen atoms in total. The molecule has 0 bridgehead atoms. The van der Waals surface area contributed by atoms with Crippen LogP contribution in [0.2, 0.25) is 0 Å². The van der Waals surface area contributed by atoms with Gasteiger partial charge in [-0.15, -0.1) is 0 Å². The van der Waals surface area contributed by atoms with E-state index in [9.17, 15) is 9.59 Å². The van der Waals surface area contributed by atoms with Gasteiger partial charge in [0, 0.05) is 42.7 Å². The Morgan fingerprint density at radius 3 is 2.88 bits per heavy atom. The molecule has 1 saturated heterocycles. The van der Waals surface area contributed by atoms with Crippen molar-refractivity contribution in [1.29, 1.82) is 0 Å². The average molecular weight is 339 g/mol. The van der Waals surface area contributed by atoms with E-state index < -0.39 is 0 Å². The molecule has 2 N–H and O–H groups in total. The monoisotopic (exact) mass is 339 g/mol. The molecule has 0 unspecified atom stereocenters. The SMILES string of the molecule is O=C(NCc1cccc2[nH]ccc12)[C@H]1CCC(=O)N(C2CCCC2)C1. The Morgan fingerprint density at radius 2 is 2.04 bits per heavy atom. The van der Waals surface area contributed by atoms with Crippen LogP contribution in [0, 0.1) is 5.92 Å². The molecule has 0 radical (unpaired) electrons. The highest BCUT2D eigenvalue weighted by Crippen LogP contribution is 2.28. The predicted molar refractivity (Wildman–Crippen MR) is 96.8 cm³/mol. The van der Waals surface area contributed by atoms with Crippen molar-refractivity contribution in [1.82, 2.24) is 15.2 Å². The largest absolute Gasteiger partial charge is 0.361 e. The van der Waals surface area contributed by atoms with Crippen molar-refractivity contribution in [2.75, 3.05) is 6.54 Å². The van der Waals surface area contributed by atoms with E-state index >= 15 is 0 Å². The molecule has 0 spiro atoms. The summed E-state index contributed by atoms with van der Waals surface area (Å²) in [7, 11) is 0. The first kappa shape index (κ1) is 16.2. The Balaban J connectivity index is 1.39. The van der Waals surface area contributed by atoms with E-state index in [0.717, 1.165) is 29.3 Å². The van der Waals surface area contributed by atoms with Crippen LogP contribution in [-0.2, 0) is 16.1 Å². The molecule has 2 heterocycles. The lowest BCUT2D eigenvalue weighted by atomic mass is 9.94. The third kappa shape index (κ3) is 3.28. The number of rotatable bonds is 4. The molecular formula is C20H25N3O2. The Hall–Kier alpha value is -2.30. The number of H-pyrrole nitrogens is 1. The zero-order valence-electron chi connectivity index (χ0n) is 14.5. The summed E-state index contributed by atoms with van der Waals surface area (Å²) in [6, 6.07) is 8.48. The lowest BCUT2D eigenvalue weighted by Gasteiger charge is -2.36. The van der Waals surface area contributed by atoms with E-state index in [4.69, 9.17) is 0 Å². The van der Waals surface area contributed by atoms with Gasteiger partial charge in [0.15, 0.2) is 0 Å². The highest BCUT2D eigenvalue weighted by molar-refractivity contribution is 5.85. The van der Waals surface area contributed by atoms with Gasteiger partial charge in [0.1, 0.15) is 0 Å². The molecule has 2 aliphatic rings. The second-order valence-electron chi connectivity index (χ2n) is 7.29. The van der Waals surface area contributed by atoms with Gasteiger partial charge < -0.3 is 15.2 Å². The number of piperidine rings is 1. The van der Waals surface area contributed by atoms with Gasteiger partial charge >= 0.3 is 0 Å². The van der Waals surface area contributed by atoms with Gasteiger partial charge in [0.25, 0.3) is 0 Å². The summed E-state index contributed by atoms with van der Waals surface area (Å²) in [5, 5.41) is 4.23. The maximum atomic E-state index is 12.7. The summed E-state index contributed by atoms with van der Waals surface area (Å²) in [5.74, 6) is 0.222. The number of aromatic amines is 1. The minimum atomic E-state index is -0.0799. The molecule has 2 amide bonds. The summed E-state index contributed by atoms with van der Waals surface area (Å²) < 4.78 is 0. The highest BCUT2D eigenvalue weighted by atomic mass is 16.2. The zero-order valence-corrected chi connectivity index (χ0v) is 14.5. The van der Waals surface area contributed by atoms with E-state index in [1.807, 2.05) is 35.4 Å². The van der Waals surface area contributed by atoms with Gasteiger partial charge in [-0.3, -0.25) is 9.59 Å². The number of amides is 2. The summed E-state index contributed by atoms with van der Waals surface area (Å²) >= 11 is 0. The molecular weight excluding hydrogens is 314 g/mol.